The number of anilines is 1. The molecule has 0 saturated carbocycles. The first-order chi connectivity index (χ1) is 20.3. The Morgan fingerprint density at radius 1 is 0.952 bits per heavy atom. The molecule has 0 bridgehead atoms. The van der Waals surface area contributed by atoms with Gasteiger partial charge in [0.1, 0.15) is 12.2 Å². The van der Waals surface area contributed by atoms with Gasteiger partial charge < -0.3 is 14.4 Å². The zero-order chi connectivity index (χ0) is 29.8. The number of barbiturate groups is 1. The molecule has 2 saturated heterocycles. The normalized spacial score (nSPS) is 16.5. The second-order valence-electron chi connectivity index (χ2n) is 9.78. The summed E-state index contributed by atoms with van der Waals surface area (Å²) in [7, 11) is 1.47. The summed E-state index contributed by atoms with van der Waals surface area (Å²) in [6.07, 6.45) is 4.58. The molecular formula is C31H27Cl2N3O6. The van der Waals surface area contributed by atoms with Crippen molar-refractivity contribution in [2.45, 2.75) is 25.9 Å². The maximum atomic E-state index is 13.2. The standard InChI is InChI=1S/C31H27Cl2N3O6/c1-41-26-17-20(16-22-28(37)34-31(40)36(30(22)39)24-7-5-6-23(32)27(24)33)10-13-25(26)42-18-19-8-11-21(12-9-19)29(38)35-14-3-2-4-15-35/h5-13,16-17H,2-4,14-15,18H2,1H3,(H,34,37,40)/b22-16+. The highest BCUT2D eigenvalue weighted by Crippen LogP contribution is 2.35. The molecule has 2 heterocycles. The molecule has 2 fully saturated rings. The van der Waals surface area contributed by atoms with Crippen LogP contribution in [0.25, 0.3) is 6.08 Å². The van der Waals surface area contributed by atoms with Crippen molar-refractivity contribution in [3.05, 3.63) is 93.0 Å². The molecule has 5 amide bonds. The Morgan fingerprint density at radius 3 is 2.40 bits per heavy atom. The number of amides is 5. The number of urea groups is 1. The number of benzene rings is 3. The molecule has 216 valence electrons. The maximum absolute atomic E-state index is 13.2. The van der Waals surface area contributed by atoms with Crippen LogP contribution in [0.2, 0.25) is 10.0 Å². The lowest BCUT2D eigenvalue weighted by atomic mass is 10.1. The van der Waals surface area contributed by atoms with E-state index in [-0.39, 0.29) is 33.8 Å². The number of hydrogen-bond acceptors (Lipinski definition) is 6. The van der Waals surface area contributed by atoms with E-state index < -0.39 is 17.8 Å². The number of halogens is 2. The summed E-state index contributed by atoms with van der Waals surface area (Å²) in [4.78, 5) is 53.7. The van der Waals surface area contributed by atoms with Crippen molar-refractivity contribution in [3.63, 3.8) is 0 Å². The summed E-state index contributed by atoms with van der Waals surface area (Å²) in [5, 5.41) is 2.32. The van der Waals surface area contributed by atoms with Crippen LogP contribution in [-0.4, -0.2) is 48.9 Å². The van der Waals surface area contributed by atoms with Gasteiger partial charge in [-0.15, -0.1) is 0 Å². The van der Waals surface area contributed by atoms with Crippen molar-refractivity contribution in [2.24, 2.45) is 0 Å². The van der Waals surface area contributed by atoms with E-state index in [1.54, 1.807) is 30.3 Å². The Balaban J connectivity index is 1.30. The predicted molar refractivity (Wildman–Crippen MR) is 159 cm³/mol. The Hall–Kier alpha value is -4.34. The number of nitrogens with zero attached hydrogens (tertiary/aromatic N) is 2. The smallest absolute Gasteiger partial charge is 0.336 e. The summed E-state index contributed by atoms with van der Waals surface area (Å²) < 4.78 is 11.4. The molecule has 0 spiro atoms. The summed E-state index contributed by atoms with van der Waals surface area (Å²) in [5.74, 6) is -0.844. The second-order valence-corrected chi connectivity index (χ2v) is 10.6. The number of piperidine rings is 1. The number of likely N-dealkylation sites (tertiary alicyclic amines) is 1. The van der Waals surface area contributed by atoms with Gasteiger partial charge in [0.2, 0.25) is 0 Å². The topological polar surface area (TPSA) is 105 Å². The number of methoxy groups -OCH3 is 1. The van der Waals surface area contributed by atoms with Gasteiger partial charge in [-0.2, -0.15) is 0 Å². The zero-order valence-corrected chi connectivity index (χ0v) is 24.2. The van der Waals surface area contributed by atoms with Crippen molar-refractivity contribution in [1.29, 1.82) is 0 Å². The molecule has 1 N–H and O–H groups in total. The van der Waals surface area contributed by atoms with E-state index >= 15 is 0 Å². The number of carbonyl (C=O) groups excluding carboxylic acids is 4. The minimum absolute atomic E-state index is 0.00257. The van der Waals surface area contributed by atoms with E-state index in [2.05, 4.69) is 5.32 Å². The molecule has 2 aliphatic heterocycles. The summed E-state index contributed by atoms with van der Waals surface area (Å²) >= 11 is 12.3. The first-order valence-electron chi connectivity index (χ1n) is 13.3. The van der Waals surface area contributed by atoms with Gasteiger partial charge in [-0.25, -0.2) is 9.69 Å². The monoisotopic (exact) mass is 607 g/mol. The van der Waals surface area contributed by atoms with Crippen molar-refractivity contribution < 1.29 is 28.7 Å². The lowest BCUT2D eigenvalue weighted by Gasteiger charge is -2.27. The third-order valence-electron chi connectivity index (χ3n) is 7.01. The molecule has 11 heteroatoms. The van der Waals surface area contributed by atoms with Crippen LogP contribution >= 0.6 is 23.2 Å². The molecule has 3 aromatic rings. The van der Waals surface area contributed by atoms with Crippen molar-refractivity contribution in [2.75, 3.05) is 25.1 Å². The van der Waals surface area contributed by atoms with E-state index in [1.807, 2.05) is 17.0 Å². The van der Waals surface area contributed by atoms with Crippen LogP contribution < -0.4 is 19.7 Å². The first kappa shape index (κ1) is 29.2. The molecule has 42 heavy (non-hydrogen) atoms. The van der Waals surface area contributed by atoms with Crippen LogP contribution in [0, 0.1) is 0 Å². The molecule has 0 radical (unpaired) electrons. The van der Waals surface area contributed by atoms with Crippen LogP contribution in [0.3, 0.4) is 0 Å². The maximum Gasteiger partial charge on any atom is 0.336 e. The third kappa shape index (κ3) is 6.12. The third-order valence-corrected chi connectivity index (χ3v) is 7.82. The van der Waals surface area contributed by atoms with E-state index in [4.69, 9.17) is 32.7 Å². The van der Waals surface area contributed by atoms with Gasteiger partial charge in [-0.3, -0.25) is 19.7 Å². The molecule has 0 aromatic heterocycles. The number of rotatable bonds is 7. The van der Waals surface area contributed by atoms with Crippen molar-refractivity contribution in [3.8, 4) is 11.5 Å². The SMILES string of the molecule is COc1cc(/C=C2\C(=O)NC(=O)N(c3cccc(Cl)c3Cl)C2=O)ccc1OCc1ccc(C(=O)N2CCCCC2)cc1. The molecule has 0 aliphatic carbocycles. The Morgan fingerprint density at radius 2 is 1.69 bits per heavy atom. The van der Waals surface area contributed by atoms with Gasteiger partial charge in [0.25, 0.3) is 17.7 Å². The molecule has 0 unspecified atom stereocenters. The average molecular weight is 608 g/mol. The highest BCUT2D eigenvalue weighted by atomic mass is 35.5. The van der Waals surface area contributed by atoms with Crippen molar-refractivity contribution in [1.82, 2.24) is 10.2 Å². The zero-order valence-electron chi connectivity index (χ0n) is 22.7. The van der Waals surface area contributed by atoms with E-state index in [9.17, 15) is 19.2 Å². The molecule has 2 aliphatic rings. The van der Waals surface area contributed by atoms with Gasteiger partial charge in [0, 0.05) is 18.7 Å². The first-order valence-corrected chi connectivity index (χ1v) is 14.1. The minimum Gasteiger partial charge on any atom is -0.493 e. The quantitative estimate of drug-likeness (QED) is 0.266. The predicted octanol–water partition coefficient (Wildman–Crippen LogP) is 5.87. The van der Waals surface area contributed by atoms with E-state index in [1.165, 1.54) is 31.4 Å². The Labute approximate surface area is 252 Å². The van der Waals surface area contributed by atoms with Crippen LogP contribution in [0.5, 0.6) is 11.5 Å². The molecule has 9 nitrogen and oxygen atoms in total. The number of hydrogen-bond donors (Lipinski definition) is 1. The summed E-state index contributed by atoms with van der Waals surface area (Å²) in [6.45, 7) is 1.82. The van der Waals surface area contributed by atoms with Gasteiger partial charge in [-0.1, -0.05) is 47.5 Å². The average Bonchev–Trinajstić information content (AvgIpc) is 3.00. The van der Waals surface area contributed by atoms with Crippen molar-refractivity contribution >= 4 is 58.7 Å². The van der Waals surface area contributed by atoms with Crippen LogP contribution in [0.1, 0.15) is 40.7 Å². The number of ether oxygens (including phenoxy) is 2. The molecule has 5 rings (SSSR count). The van der Waals surface area contributed by atoms with Crippen LogP contribution in [-0.2, 0) is 16.2 Å². The fourth-order valence-corrected chi connectivity index (χ4v) is 5.17. The number of imide groups is 2. The van der Waals surface area contributed by atoms with Gasteiger partial charge in [-0.05, 0) is 72.9 Å². The highest BCUT2D eigenvalue weighted by molar-refractivity contribution is 6.46. The van der Waals surface area contributed by atoms with Gasteiger partial charge >= 0.3 is 6.03 Å². The highest BCUT2D eigenvalue weighted by Gasteiger charge is 2.38. The van der Waals surface area contributed by atoms with E-state index in [0.717, 1.165) is 42.8 Å². The summed E-state index contributed by atoms with van der Waals surface area (Å²) in [5.41, 5.74) is 1.75. The molecule has 3 aromatic carbocycles. The molecule has 0 atom stereocenters. The second kappa shape index (κ2) is 12.7. The van der Waals surface area contributed by atoms with Crippen LogP contribution in [0.15, 0.2) is 66.2 Å². The number of carbonyl (C=O) groups is 4. The summed E-state index contributed by atoms with van der Waals surface area (Å²) in [6, 6.07) is 15.8. The largest absolute Gasteiger partial charge is 0.493 e. The van der Waals surface area contributed by atoms with Gasteiger partial charge in [0.15, 0.2) is 11.5 Å². The lowest BCUT2D eigenvalue weighted by Crippen LogP contribution is -2.54. The van der Waals surface area contributed by atoms with Gasteiger partial charge in [0.05, 0.1) is 22.8 Å². The fourth-order valence-electron chi connectivity index (χ4n) is 4.79. The lowest BCUT2D eigenvalue weighted by molar-refractivity contribution is -0.122. The minimum atomic E-state index is -0.934. The Kier molecular flexibility index (Phi) is 8.80. The Bertz CT molecular complexity index is 1580. The number of nitrogens with one attached hydrogen (secondary N) is 1. The molecular weight excluding hydrogens is 581 g/mol. The van der Waals surface area contributed by atoms with E-state index in [0.29, 0.717) is 22.6 Å². The van der Waals surface area contributed by atoms with Crippen LogP contribution in [0.4, 0.5) is 10.5 Å². The fraction of sp³-hybridized carbons (Fsp3) is 0.226.